The van der Waals surface area contributed by atoms with Crippen molar-refractivity contribution in [1.82, 2.24) is 0 Å². The number of amides is 1. The van der Waals surface area contributed by atoms with Gasteiger partial charge < -0.3 is 9.84 Å². The number of anilines is 1. The minimum Gasteiger partial charge on any atom is -0.484 e. The average molecular weight is 335 g/mol. The Morgan fingerprint density at radius 1 is 1.52 bits per heavy atom. The van der Waals surface area contributed by atoms with Gasteiger partial charge in [-0.2, -0.15) is 0 Å². The molecule has 0 radical (unpaired) electrons. The van der Waals surface area contributed by atoms with Gasteiger partial charge in [-0.25, -0.2) is 4.79 Å². The molecule has 1 aliphatic heterocycles. The third-order valence-electron chi connectivity index (χ3n) is 4.41. The predicted octanol–water partition coefficient (Wildman–Crippen LogP) is 5.60. The van der Waals surface area contributed by atoms with E-state index in [2.05, 4.69) is 32.7 Å². The molecule has 2 N–H and O–H groups in total. The first kappa shape index (κ1) is 17.7. The quantitative estimate of drug-likeness (QED) is 0.681. The van der Waals surface area contributed by atoms with Gasteiger partial charge in [0.1, 0.15) is 11.4 Å². The molecule has 0 saturated heterocycles. The van der Waals surface area contributed by atoms with Crippen molar-refractivity contribution in [3.8, 4) is 5.75 Å². The number of thioether (sulfide) groups is 1. The number of nitrogens with one attached hydrogen (secondary N) is 1. The average Bonchev–Trinajstić information content (AvgIpc) is 2.81. The Morgan fingerprint density at radius 2 is 2.26 bits per heavy atom. The fourth-order valence-corrected chi connectivity index (χ4v) is 4.08. The Hall–Kier alpha value is -1.62. The summed E-state index contributed by atoms with van der Waals surface area (Å²) in [4.78, 5) is 11.1. The van der Waals surface area contributed by atoms with Gasteiger partial charge in [-0.05, 0) is 43.2 Å². The van der Waals surface area contributed by atoms with Crippen molar-refractivity contribution in [2.24, 2.45) is 0 Å². The summed E-state index contributed by atoms with van der Waals surface area (Å²) in [7, 11) is 0. The molecule has 1 aliphatic rings. The summed E-state index contributed by atoms with van der Waals surface area (Å²) >= 11 is 1.65. The van der Waals surface area contributed by atoms with Crippen LogP contribution in [0, 0.1) is 0 Å². The minimum atomic E-state index is -1.07. The van der Waals surface area contributed by atoms with E-state index in [1.54, 1.807) is 11.8 Å². The van der Waals surface area contributed by atoms with Crippen LogP contribution in [0.3, 0.4) is 0 Å². The molecule has 0 spiro atoms. The van der Waals surface area contributed by atoms with Gasteiger partial charge in [-0.1, -0.05) is 32.9 Å². The number of rotatable bonds is 7. The van der Waals surface area contributed by atoms with Crippen molar-refractivity contribution in [3.63, 3.8) is 0 Å². The van der Waals surface area contributed by atoms with E-state index in [-0.39, 0.29) is 10.9 Å². The number of aryl methyl sites for hydroxylation is 1. The van der Waals surface area contributed by atoms with Crippen molar-refractivity contribution in [2.45, 2.75) is 57.3 Å². The van der Waals surface area contributed by atoms with Crippen LogP contribution in [-0.4, -0.2) is 16.8 Å². The van der Waals surface area contributed by atoms with E-state index in [0.717, 1.165) is 31.2 Å². The molecule has 4 nitrogen and oxygen atoms in total. The summed E-state index contributed by atoms with van der Waals surface area (Å²) in [6, 6.07) is 3.84. The van der Waals surface area contributed by atoms with Crippen molar-refractivity contribution >= 4 is 23.5 Å². The maximum Gasteiger partial charge on any atom is 0.409 e. The number of carboxylic acid groups (broad SMARTS) is 1. The van der Waals surface area contributed by atoms with Crippen LogP contribution in [-0.2, 0) is 6.42 Å². The maximum atomic E-state index is 11.1. The van der Waals surface area contributed by atoms with Crippen LogP contribution in [0.15, 0.2) is 24.1 Å². The molecule has 1 amide bonds. The zero-order chi connectivity index (χ0) is 17.0. The fourth-order valence-electron chi connectivity index (χ4n) is 2.99. The summed E-state index contributed by atoms with van der Waals surface area (Å²) in [6.07, 6.45) is 2.97. The fraction of sp³-hybridized carbons (Fsp3) is 0.500. The Bertz CT molecular complexity index is 602. The molecule has 0 aromatic heterocycles. The van der Waals surface area contributed by atoms with Crippen molar-refractivity contribution in [1.29, 1.82) is 0 Å². The summed E-state index contributed by atoms with van der Waals surface area (Å²) in [5.74, 6) is 0.685. The number of carbonyl (C=O) groups is 1. The second-order valence-corrected chi connectivity index (χ2v) is 7.08. The molecular formula is C18H25NO3S. The molecule has 0 aliphatic carbocycles. The van der Waals surface area contributed by atoms with Crippen LogP contribution in [0.5, 0.6) is 5.75 Å². The standard InChI is InChI=1S/C18H25NO3S/c1-5-8-9-12-10-11-13(19-17(20)21)15-14(12)16(23-7-3)18(4,6-2)22-15/h7,10-11,16,19H,3,5-6,8-9H2,1-2,4H3,(H,20,21). The number of ether oxygens (including phenoxy) is 1. The number of hydrogen-bond donors (Lipinski definition) is 2. The number of fused-ring (bicyclic) bond motifs is 1. The zero-order valence-electron chi connectivity index (χ0n) is 14.0. The lowest BCUT2D eigenvalue weighted by molar-refractivity contribution is 0.109. The summed E-state index contributed by atoms with van der Waals surface area (Å²) in [6.45, 7) is 10.2. The molecule has 0 fully saturated rings. The SMILES string of the molecule is C=CSC1c2c(CCCC)ccc(NC(=O)O)c2OC1(C)CC. The van der Waals surface area contributed by atoms with Crippen LogP contribution >= 0.6 is 11.8 Å². The third-order valence-corrected chi connectivity index (χ3v) is 5.61. The molecule has 1 aromatic rings. The topological polar surface area (TPSA) is 58.6 Å². The first-order valence-corrected chi connectivity index (χ1v) is 9.02. The highest BCUT2D eigenvalue weighted by molar-refractivity contribution is 8.02. The van der Waals surface area contributed by atoms with E-state index in [0.29, 0.717) is 11.4 Å². The van der Waals surface area contributed by atoms with Gasteiger partial charge in [-0.15, -0.1) is 11.8 Å². The van der Waals surface area contributed by atoms with E-state index in [1.165, 1.54) is 5.56 Å². The predicted molar refractivity (Wildman–Crippen MR) is 96.6 cm³/mol. The van der Waals surface area contributed by atoms with E-state index in [4.69, 9.17) is 9.84 Å². The molecule has 2 atom stereocenters. The van der Waals surface area contributed by atoms with Gasteiger partial charge in [0.05, 0.1) is 10.9 Å². The van der Waals surface area contributed by atoms with Crippen LogP contribution in [0.4, 0.5) is 10.5 Å². The highest BCUT2D eigenvalue weighted by Crippen LogP contribution is 2.56. The molecule has 1 aromatic carbocycles. The highest BCUT2D eigenvalue weighted by Gasteiger charge is 2.46. The van der Waals surface area contributed by atoms with Crippen LogP contribution in [0.1, 0.15) is 56.4 Å². The summed E-state index contributed by atoms with van der Waals surface area (Å²) < 4.78 is 6.27. The first-order chi connectivity index (χ1) is 11.0. The summed E-state index contributed by atoms with van der Waals surface area (Å²) in [5.41, 5.74) is 2.53. The van der Waals surface area contributed by atoms with E-state index in [1.807, 2.05) is 17.5 Å². The molecule has 23 heavy (non-hydrogen) atoms. The van der Waals surface area contributed by atoms with Crippen LogP contribution in [0.25, 0.3) is 0 Å². The lowest BCUT2D eigenvalue weighted by atomic mass is 9.91. The lowest BCUT2D eigenvalue weighted by Crippen LogP contribution is -2.32. The van der Waals surface area contributed by atoms with E-state index < -0.39 is 6.09 Å². The first-order valence-electron chi connectivity index (χ1n) is 8.07. The van der Waals surface area contributed by atoms with Gasteiger partial charge in [0.2, 0.25) is 0 Å². The second-order valence-electron chi connectivity index (χ2n) is 6.00. The Labute approximate surface area is 142 Å². The van der Waals surface area contributed by atoms with Gasteiger partial charge in [0.15, 0.2) is 0 Å². The monoisotopic (exact) mass is 335 g/mol. The number of hydrogen-bond acceptors (Lipinski definition) is 3. The summed E-state index contributed by atoms with van der Waals surface area (Å²) in [5, 5.41) is 13.5. The van der Waals surface area contributed by atoms with Gasteiger partial charge >= 0.3 is 6.09 Å². The smallest absolute Gasteiger partial charge is 0.409 e. The molecule has 2 rings (SSSR count). The molecule has 2 unspecified atom stereocenters. The molecule has 126 valence electrons. The normalized spacial score (nSPS) is 22.3. The van der Waals surface area contributed by atoms with E-state index in [9.17, 15) is 4.79 Å². The maximum absolute atomic E-state index is 11.1. The third kappa shape index (κ3) is 3.50. The minimum absolute atomic E-state index is 0.127. The largest absolute Gasteiger partial charge is 0.484 e. The highest BCUT2D eigenvalue weighted by atomic mass is 32.2. The number of benzene rings is 1. The molecule has 5 heteroatoms. The molecule has 0 saturated carbocycles. The van der Waals surface area contributed by atoms with Crippen LogP contribution in [0.2, 0.25) is 0 Å². The molecule has 0 bridgehead atoms. The second kappa shape index (κ2) is 7.30. The number of unbranched alkanes of at least 4 members (excludes halogenated alkanes) is 1. The van der Waals surface area contributed by atoms with Crippen LogP contribution < -0.4 is 10.1 Å². The Balaban J connectivity index is 2.55. The van der Waals surface area contributed by atoms with Crippen molar-refractivity contribution in [3.05, 3.63) is 35.2 Å². The van der Waals surface area contributed by atoms with Gasteiger partial charge in [0, 0.05) is 5.56 Å². The lowest BCUT2D eigenvalue weighted by Gasteiger charge is -2.28. The Morgan fingerprint density at radius 3 is 2.83 bits per heavy atom. The van der Waals surface area contributed by atoms with Crippen molar-refractivity contribution < 1.29 is 14.6 Å². The van der Waals surface area contributed by atoms with Gasteiger partial charge in [-0.3, -0.25) is 5.32 Å². The Kier molecular flexibility index (Phi) is 5.63. The van der Waals surface area contributed by atoms with Gasteiger partial charge in [0.25, 0.3) is 0 Å². The van der Waals surface area contributed by atoms with E-state index >= 15 is 0 Å². The van der Waals surface area contributed by atoms with Crippen molar-refractivity contribution in [2.75, 3.05) is 5.32 Å². The molecular weight excluding hydrogens is 310 g/mol. The molecule has 1 heterocycles. The zero-order valence-corrected chi connectivity index (χ0v) is 14.8.